The largest absolute Gasteiger partial charge is 0.299 e. The molecule has 108 valence electrons. The Hall–Kier alpha value is -2.86. The maximum absolute atomic E-state index is 13.0. The van der Waals surface area contributed by atoms with Crippen molar-refractivity contribution in [3.8, 4) is 6.07 Å². The quantitative estimate of drug-likeness (QED) is 0.795. The molecule has 22 heavy (non-hydrogen) atoms. The first-order valence-electron chi connectivity index (χ1n) is 7.16. The van der Waals surface area contributed by atoms with Crippen LogP contribution in [0.5, 0.6) is 0 Å². The molecule has 1 heterocycles. The minimum atomic E-state index is -0.423. The van der Waals surface area contributed by atoms with Crippen LogP contribution in [0.15, 0.2) is 54.6 Å². The number of nitriles is 1. The summed E-state index contributed by atoms with van der Waals surface area (Å²) in [5.74, 6) is -0.0408. The molecule has 1 aliphatic heterocycles. The van der Waals surface area contributed by atoms with Crippen molar-refractivity contribution < 1.29 is 4.79 Å². The maximum Gasteiger partial charge on any atom is 0.259 e. The van der Waals surface area contributed by atoms with Crippen LogP contribution >= 0.6 is 0 Å². The molecule has 0 fully saturated rings. The number of fused-ring (bicyclic) bond motifs is 1. The van der Waals surface area contributed by atoms with E-state index in [9.17, 15) is 4.79 Å². The van der Waals surface area contributed by atoms with Gasteiger partial charge in [-0.2, -0.15) is 5.26 Å². The average Bonchev–Trinajstić information content (AvgIpc) is 2.54. The van der Waals surface area contributed by atoms with Crippen molar-refractivity contribution in [1.82, 2.24) is 0 Å². The van der Waals surface area contributed by atoms with Gasteiger partial charge in [0.25, 0.3) is 5.91 Å². The van der Waals surface area contributed by atoms with Crippen LogP contribution in [0.1, 0.15) is 35.3 Å². The standard InChI is InChI=1S/C19H16N2O/c1-19(2)11-10-16-12-14(13-20)8-9-17(16)21(19)18(22)15-6-4-3-5-7-15/h3-12H,1-2H3. The molecule has 1 amide bonds. The van der Waals surface area contributed by atoms with Gasteiger partial charge in [0.1, 0.15) is 0 Å². The number of anilines is 1. The van der Waals surface area contributed by atoms with Crippen molar-refractivity contribution in [2.75, 3.05) is 4.90 Å². The molecule has 2 aromatic carbocycles. The van der Waals surface area contributed by atoms with Crippen LogP contribution in [0.25, 0.3) is 6.08 Å². The fraction of sp³-hybridized carbons (Fsp3) is 0.158. The maximum atomic E-state index is 13.0. The molecule has 0 bridgehead atoms. The van der Waals surface area contributed by atoms with Crippen molar-refractivity contribution in [1.29, 1.82) is 5.26 Å². The third kappa shape index (κ3) is 2.29. The first-order valence-corrected chi connectivity index (χ1v) is 7.16. The van der Waals surface area contributed by atoms with Crippen LogP contribution < -0.4 is 4.90 Å². The Morgan fingerprint density at radius 3 is 2.55 bits per heavy atom. The van der Waals surface area contributed by atoms with Gasteiger partial charge in [0, 0.05) is 5.56 Å². The van der Waals surface area contributed by atoms with E-state index in [0.717, 1.165) is 11.3 Å². The van der Waals surface area contributed by atoms with E-state index in [1.807, 2.05) is 68.5 Å². The fourth-order valence-electron chi connectivity index (χ4n) is 2.72. The number of benzene rings is 2. The number of hydrogen-bond donors (Lipinski definition) is 0. The lowest BCUT2D eigenvalue weighted by Gasteiger charge is -2.40. The second-order valence-corrected chi connectivity index (χ2v) is 5.88. The molecule has 0 saturated carbocycles. The van der Waals surface area contributed by atoms with Crippen molar-refractivity contribution in [3.05, 3.63) is 71.3 Å². The number of nitrogens with zero attached hydrogens (tertiary/aromatic N) is 2. The van der Waals surface area contributed by atoms with E-state index in [-0.39, 0.29) is 5.91 Å². The van der Waals surface area contributed by atoms with Crippen molar-refractivity contribution in [2.24, 2.45) is 0 Å². The smallest absolute Gasteiger partial charge is 0.259 e. The Morgan fingerprint density at radius 2 is 1.86 bits per heavy atom. The molecule has 0 aromatic heterocycles. The van der Waals surface area contributed by atoms with Gasteiger partial charge in [-0.05, 0) is 49.7 Å². The lowest BCUT2D eigenvalue weighted by Crippen LogP contribution is -2.48. The normalized spacial score (nSPS) is 15.0. The Kier molecular flexibility index (Phi) is 3.30. The lowest BCUT2D eigenvalue weighted by atomic mass is 9.92. The topological polar surface area (TPSA) is 44.1 Å². The minimum Gasteiger partial charge on any atom is -0.299 e. The highest BCUT2D eigenvalue weighted by Gasteiger charge is 2.34. The zero-order valence-electron chi connectivity index (χ0n) is 12.6. The van der Waals surface area contributed by atoms with E-state index in [0.29, 0.717) is 11.1 Å². The van der Waals surface area contributed by atoms with Crippen LogP contribution in [-0.2, 0) is 0 Å². The predicted molar refractivity (Wildman–Crippen MR) is 87.5 cm³/mol. The molecular weight excluding hydrogens is 272 g/mol. The van der Waals surface area contributed by atoms with Gasteiger partial charge in [-0.25, -0.2) is 0 Å². The molecule has 1 aliphatic rings. The van der Waals surface area contributed by atoms with E-state index in [1.165, 1.54) is 0 Å². The monoisotopic (exact) mass is 288 g/mol. The Labute approximate surface area is 130 Å². The molecule has 3 nitrogen and oxygen atoms in total. The SMILES string of the molecule is CC1(C)C=Cc2cc(C#N)ccc2N1C(=O)c1ccccc1. The van der Waals surface area contributed by atoms with Crippen molar-refractivity contribution in [3.63, 3.8) is 0 Å². The van der Waals surface area contributed by atoms with E-state index in [2.05, 4.69) is 6.07 Å². The molecular formula is C19H16N2O. The fourth-order valence-corrected chi connectivity index (χ4v) is 2.72. The third-order valence-corrected chi connectivity index (χ3v) is 3.87. The number of carbonyl (C=O) groups excluding carboxylic acids is 1. The van der Waals surface area contributed by atoms with Crippen molar-refractivity contribution >= 4 is 17.7 Å². The zero-order valence-corrected chi connectivity index (χ0v) is 12.6. The second-order valence-electron chi connectivity index (χ2n) is 5.88. The van der Waals surface area contributed by atoms with Gasteiger partial charge in [-0.1, -0.05) is 30.4 Å². The van der Waals surface area contributed by atoms with Gasteiger partial charge in [0.05, 0.1) is 22.9 Å². The van der Waals surface area contributed by atoms with Gasteiger partial charge in [0.15, 0.2) is 0 Å². The van der Waals surface area contributed by atoms with Gasteiger partial charge < -0.3 is 0 Å². The summed E-state index contributed by atoms with van der Waals surface area (Å²) in [4.78, 5) is 14.8. The van der Waals surface area contributed by atoms with E-state index in [4.69, 9.17) is 5.26 Å². The van der Waals surface area contributed by atoms with Crippen molar-refractivity contribution in [2.45, 2.75) is 19.4 Å². The van der Waals surface area contributed by atoms with Crippen LogP contribution in [0, 0.1) is 11.3 Å². The summed E-state index contributed by atoms with van der Waals surface area (Å²) in [5.41, 5.74) is 2.55. The molecule has 0 spiro atoms. The highest BCUT2D eigenvalue weighted by Crippen LogP contribution is 2.36. The first-order chi connectivity index (χ1) is 10.5. The summed E-state index contributed by atoms with van der Waals surface area (Å²) < 4.78 is 0. The molecule has 0 aliphatic carbocycles. The summed E-state index contributed by atoms with van der Waals surface area (Å²) in [6.07, 6.45) is 3.97. The highest BCUT2D eigenvalue weighted by atomic mass is 16.2. The van der Waals surface area contributed by atoms with Crippen LogP contribution in [-0.4, -0.2) is 11.4 Å². The van der Waals surface area contributed by atoms with Crippen LogP contribution in [0.4, 0.5) is 5.69 Å². The molecule has 0 N–H and O–H groups in total. The molecule has 2 aromatic rings. The number of rotatable bonds is 1. The summed E-state index contributed by atoms with van der Waals surface area (Å²) in [6, 6.07) is 16.8. The Morgan fingerprint density at radius 1 is 1.14 bits per heavy atom. The van der Waals surface area contributed by atoms with Gasteiger partial charge in [0.2, 0.25) is 0 Å². The number of amides is 1. The lowest BCUT2D eigenvalue weighted by molar-refractivity contribution is 0.0970. The van der Waals surface area contributed by atoms with E-state index in [1.54, 1.807) is 11.0 Å². The van der Waals surface area contributed by atoms with Gasteiger partial charge >= 0.3 is 0 Å². The summed E-state index contributed by atoms with van der Waals surface area (Å²) in [5, 5.41) is 9.04. The van der Waals surface area contributed by atoms with Gasteiger partial charge in [-0.3, -0.25) is 9.69 Å². The summed E-state index contributed by atoms with van der Waals surface area (Å²) in [6.45, 7) is 4.01. The molecule has 0 radical (unpaired) electrons. The third-order valence-electron chi connectivity index (χ3n) is 3.87. The molecule has 3 rings (SSSR count). The average molecular weight is 288 g/mol. The molecule has 0 atom stereocenters. The molecule has 0 saturated heterocycles. The molecule has 3 heteroatoms. The van der Waals surface area contributed by atoms with Gasteiger partial charge in [-0.15, -0.1) is 0 Å². The first kappa shape index (κ1) is 14.1. The summed E-state index contributed by atoms with van der Waals surface area (Å²) >= 11 is 0. The Bertz CT molecular complexity index is 798. The zero-order chi connectivity index (χ0) is 15.7. The Balaban J connectivity index is 2.12. The number of hydrogen-bond acceptors (Lipinski definition) is 2. The van der Waals surface area contributed by atoms with E-state index >= 15 is 0 Å². The predicted octanol–water partition coefficient (Wildman–Crippen LogP) is 4.01. The summed E-state index contributed by atoms with van der Waals surface area (Å²) in [7, 11) is 0. The molecule has 0 unspecified atom stereocenters. The van der Waals surface area contributed by atoms with Crippen LogP contribution in [0.3, 0.4) is 0 Å². The number of carbonyl (C=O) groups is 1. The van der Waals surface area contributed by atoms with Crippen LogP contribution in [0.2, 0.25) is 0 Å². The second kappa shape index (κ2) is 5.16. The van der Waals surface area contributed by atoms with E-state index < -0.39 is 5.54 Å². The minimum absolute atomic E-state index is 0.0408. The highest BCUT2D eigenvalue weighted by molar-refractivity contribution is 6.09.